The molecule has 3 heterocycles. The van der Waals surface area contributed by atoms with Crippen molar-refractivity contribution < 1.29 is 50.2 Å². The number of carbonyl (C=O) groups excluding carboxylic acids is 1. The van der Waals surface area contributed by atoms with Gasteiger partial charge >= 0.3 is 18.3 Å². The summed E-state index contributed by atoms with van der Waals surface area (Å²) in [5.74, 6) is -2.93. The summed E-state index contributed by atoms with van der Waals surface area (Å²) >= 11 is 0. The standard InChI is InChI=1S/C38H42F7N3O5/c1-22-12-28(39)16-23-8-6-4-3-5-7-9-32(48-19-24(10-11-47-20-29(21-47)53-2)30(17-33(48)49)38(43,44)45)36(52)46-31(18-34(50)51)25-13-26(35(22)23)15-27(14-25)37(40,41)42/h12-17,19,29,31-32H,3-11,18,20-21H2,1-2H3,(H,46,52)(H,50,51)/t31-,32-/m0/s1. The van der Waals surface area contributed by atoms with Gasteiger partial charge in [0.05, 0.1) is 29.7 Å². The lowest BCUT2D eigenvalue weighted by molar-refractivity contribution is -0.139. The molecule has 0 saturated carbocycles. The summed E-state index contributed by atoms with van der Waals surface area (Å²) in [6.07, 6.45) is -6.57. The molecule has 1 aromatic heterocycles. The first kappa shape index (κ1) is 40.0. The summed E-state index contributed by atoms with van der Waals surface area (Å²) in [6, 6.07) is 2.97. The van der Waals surface area contributed by atoms with Crippen molar-refractivity contribution in [2.45, 2.75) is 95.3 Å². The van der Waals surface area contributed by atoms with E-state index in [1.807, 2.05) is 4.90 Å². The van der Waals surface area contributed by atoms with E-state index in [0.29, 0.717) is 74.4 Å². The van der Waals surface area contributed by atoms with Gasteiger partial charge in [0.2, 0.25) is 5.91 Å². The van der Waals surface area contributed by atoms with Crippen molar-refractivity contribution in [3.05, 3.63) is 92.1 Å². The van der Waals surface area contributed by atoms with Crippen LogP contribution in [-0.2, 0) is 39.5 Å². The Kier molecular flexibility index (Phi) is 12.4. The quantitative estimate of drug-likeness (QED) is 0.241. The largest absolute Gasteiger partial charge is 0.481 e. The van der Waals surface area contributed by atoms with Crippen molar-refractivity contribution in [3.63, 3.8) is 0 Å². The third kappa shape index (κ3) is 9.85. The van der Waals surface area contributed by atoms with E-state index < -0.39 is 65.2 Å². The first-order valence-corrected chi connectivity index (χ1v) is 17.6. The van der Waals surface area contributed by atoms with Gasteiger partial charge in [-0.1, -0.05) is 25.7 Å². The van der Waals surface area contributed by atoms with Crippen LogP contribution in [0.4, 0.5) is 30.7 Å². The smallest absolute Gasteiger partial charge is 0.416 e. The molecular formula is C38H42F7N3O5. The number of likely N-dealkylation sites (tertiary alicyclic amines) is 1. The molecule has 0 radical (unpaired) electrons. The van der Waals surface area contributed by atoms with Gasteiger partial charge in [-0.3, -0.25) is 19.3 Å². The van der Waals surface area contributed by atoms with Crippen LogP contribution in [0.2, 0.25) is 0 Å². The van der Waals surface area contributed by atoms with E-state index in [4.69, 9.17) is 4.74 Å². The van der Waals surface area contributed by atoms with Gasteiger partial charge in [-0.2, -0.15) is 26.3 Å². The number of aliphatic carboxylic acids is 1. The van der Waals surface area contributed by atoms with Crippen molar-refractivity contribution >= 4 is 11.9 Å². The number of fused-ring (bicyclic) bond motifs is 4. The predicted octanol–water partition coefficient (Wildman–Crippen LogP) is 7.64. The fourth-order valence-corrected chi connectivity index (χ4v) is 7.29. The van der Waals surface area contributed by atoms with Gasteiger partial charge in [-0.15, -0.1) is 0 Å². The highest BCUT2D eigenvalue weighted by atomic mass is 19.4. The minimum atomic E-state index is -4.88. The molecule has 2 N–H and O–H groups in total. The molecule has 8 nitrogen and oxygen atoms in total. The number of amides is 1. The van der Waals surface area contributed by atoms with Gasteiger partial charge < -0.3 is 19.7 Å². The van der Waals surface area contributed by atoms with Gasteiger partial charge in [0.1, 0.15) is 11.9 Å². The molecule has 1 fully saturated rings. The number of aromatic nitrogens is 1. The Hall–Kier alpha value is -4.24. The molecule has 5 rings (SSSR count). The zero-order valence-electron chi connectivity index (χ0n) is 29.4. The highest BCUT2D eigenvalue weighted by Crippen LogP contribution is 2.39. The Morgan fingerprint density at radius 1 is 0.943 bits per heavy atom. The Bertz CT molecular complexity index is 1870. The Morgan fingerprint density at radius 2 is 1.64 bits per heavy atom. The van der Waals surface area contributed by atoms with Crippen molar-refractivity contribution in [1.29, 1.82) is 0 Å². The number of rotatable bonds is 7. The molecule has 0 spiro atoms. The number of carboxylic acid groups (broad SMARTS) is 1. The number of carboxylic acids is 1. The monoisotopic (exact) mass is 753 g/mol. The van der Waals surface area contributed by atoms with E-state index in [-0.39, 0.29) is 42.2 Å². The van der Waals surface area contributed by atoms with Gasteiger partial charge in [0.25, 0.3) is 5.56 Å². The van der Waals surface area contributed by atoms with Crippen molar-refractivity contribution in [3.8, 4) is 11.1 Å². The number of aryl methyl sites for hydroxylation is 2. The summed E-state index contributed by atoms with van der Waals surface area (Å²) in [4.78, 5) is 41.5. The van der Waals surface area contributed by atoms with Crippen LogP contribution in [-0.4, -0.2) is 59.3 Å². The van der Waals surface area contributed by atoms with Crippen molar-refractivity contribution in [1.82, 2.24) is 14.8 Å². The lowest BCUT2D eigenvalue weighted by Crippen LogP contribution is -2.52. The maximum atomic E-state index is 14.6. The Balaban J connectivity index is 1.60. The second-order valence-corrected chi connectivity index (χ2v) is 13.9. The number of methoxy groups -OCH3 is 1. The number of hydrogen-bond donors (Lipinski definition) is 2. The topological polar surface area (TPSA) is 101 Å². The molecule has 15 heteroatoms. The fourth-order valence-electron chi connectivity index (χ4n) is 7.29. The minimum absolute atomic E-state index is 0.0148. The fraction of sp³-hybridized carbons (Fsp3) is 0.500. The maximum absolute atomic E-state index is 14.6. The number of alkyl halides is 6. The maximum Gasteiger partial charge on any atom is 0.416 e. The zero-order valence-corrected chi connectivity index (χ0v) is 29.4. The third-order valence-electron chi connectivity index (χ3n) is 10.0. The number of ether oxygens (including phenoxy) is 1. The minimum Gasteiger partial charge on any atom is -0.481 e. The molecule has 0 aliphatic carbocycles. The number of nitrogens with one attached hydrogen (secondary N) is 1. The lowest BCUT2D eigenvalue weighted by atomic mass is 9.88. The molecule has 1 amide bonds. The average Bonchev–Trinajstić information content (AvgIpc) is 3.03. The van der Waals surface area contributed by atoms with E-state index in [9.17, 15) is 50.2 Å². The van der Waals surface area contributed by atoms with E-state index in [2.05, 4.69) is 5.32 Å². The van der Waals surface area contributed by atoms with Crippen LogP contribution >= 0.6 is 0 Å². The average molecular weight is 754 g/mol. The summed E-state index contributed by atoms with van der Waals surface area (Å²) in [7, 11) is 1.54. The van der Waals surface area contributed by atoms with Crippen LogP contribution in [0, 0.1) is 12.7 Å². The zero-order chi connectivity index (χ0) is 38.7. The van der Waals surface area contributed by atoms with Crippen molar-refractivity contribution in [2.75, 3.05) is 26.7 Å². The second-order valence-electron chi connectivity index (χ2n) is 13.9. The number of benzene rings is 2. The van der Waals surface area contributed by atoms with E-state index >= 15 is 0 Å². The molecule has 2 atom stereocenters. The highest BCUT2D eigenvalue weighted by Gasteiger charge is 2.37. The van der Waals surface area contributed by atoms with E-state index in [1.165, 1.54) is 25.3 Å². The number of pyridine rings is 1. The van der Waals surface area contributed by atoms with Gasteiger partial charge in [0.15, 0.2) is 0 Å². The summed E-state index contributed by atoms with van der Waals surface area (Å²) < 4.78 is 106. The molecule has 2 bridgehead atoms. The van der Waals surface area contributed by atoms with Crippen molar-refractivity contribution in [2.24, 2.45) is 0 Å². The van der Waals surface area contributed by atoms with Crippen LogP contribution in [0.15, 0.2) is 47.4 Å². The van der Waals surface area contributed by atoms with Crippen LogP contribution in [0.1, 0.15) is 90.4 Å². The summed E-state index contributed by atoms with van der Waals surface area (Å²) in [6.45, 7) is 2.84. The van der Waals surface area contributed by atoms with Crippen LogP contribution in [0.5, 0.6) is 0 Å². The first-order chi connectivity index (χ1) is 24.9. The summed E-state index contributed by atoms with van der Waals surface area (Å²) in [5.41, 5.74) is -2.49. The highest BCUT2D eigenvalue weighted by molar-refractivity contribution is 5.82. The van der Waals surface area contributed by atoms with E-state index in [1.54, 1.807) is 6.92 Å². The third-order valence-corrected chi connectivity index (χ3v) is 10.0. The molecule has 0 unspecified atom stereocenters. The van der Waals surface area contributed by atoms with Gasteiger partial charge in [-0.25, -0.2) is 4.39 Å². The number of hydrogen-bond acceptors (Lipinski definition) is 5. The normalized spacial score (nSPS) is 19.7. The summed E-state index contributed by atoms with van der Waals surface area (Å²) in [5, 5.41) is 12.4. The van der Waals surface area contributed by atoms with Crippen LogP contribution in [0.25, 0.3) is 11.1 Å². The Morgan fingerprint density at radius 3 is 2.30 bits per heavy atom. The first-order valence-electron chi connectivity index (χ1n) is 17.6. The number of halogens is 7. The number of carbonyl (C=O) groups is 2. The molecule has 2 aliphatic rings. The van der Waals surface area contributed by atoms with Crippen LogP contribution in [0.3, 0.4) is 0 Å². The molecule has 2 aromatic carbocycles. The molecule has 288 valence electrons. The van der Waals surface area contributed by atoms with Crippen LogP contribution < -0.4 is 10.9 Å². The van der Waals surface area contributed by atoms with Gasteiger partial charge in [-0.05, 0) is 96.3 Å². The van der Waals surface area contributed by atoms with E-state index in [0.717, 1.165) is 22.9 Å². The molecular weight excluding hydrogens is 711 g/mol. The lowest BCUT2D eigenvalue weighted by Gasteiger charge is -2.38. The molecule has 53 heavy (non-hydrogen) atoms. The number of nitrogens with zero attached hydrogens (tertiary/aromatic N) is 2. The predicted molar refractivity (Wildman–Crippen MR) is 182 cm³/mol. The second kappa shape index (κ2) is 16.4. The molecule has 1 saturated heterocycles. The Labute approximate surface area is 301 Å². The molecule has 3 aromatic rings. The SMILES string of the molecule is COC1CN(CCc2cn([C@H]3CCCCCCCc4cc(F)cc(C)c4-c4cc(cc(C(F)(F)F)c4)[C@H](CC(=O)O)NC3=O)c(=O)cc2C(F)(F)F)C1. The van der Waals surface area contributed by atoms with Gasteiger partial charge in [0, 0.05) is 39.0 Å². The molecule has 2 aliphatic heterocycles.